The SMILES string of the molecule is Cn1c(=O)n(C)c2cc(NS(=O)(=O)c3ccc4c(c3)CCCC4)c(Br)cc21. The lowest BCUT2D eigenvalue weighted by Crippen LogP contribution is -2.19. The standard InChI is InChI=1S/C19H20BrN3O3S/c1-22-17-10-15(20)16(11-18(17)23(2)19(22)24)21-27(25,26)14-8-7-12-5-3-4-6-13(12)9-14/h7-11,21H,3-6H2,1-2H3. The van der Waals surface area contributed by atoms with E-state index in [0.717, 1.165) is 36.8 Å². The van der Waals surface area contributed by atoms with Crippen LogP contribution in [0.3, 0.4) is 0 Å². The fourth-order valence-corrected chi connectivity index (χ4v) is 5.36. The van der Waals surface area contributed by atoms with Gasteiger partial charge in [0.05, 0.1) is 21.6 Å². The van der Waals surface area contributed by atoms with Gasteiger partial charge in [0.25, 0.3) is 10.0 Å². The first-order chi connectivity index (χ1) is 12.8. The Hall–Kier alpha value is -2.06. The van der Waals surface area contributed by atoms with Crippen LogP contribution in [0.4, 0.5) is 5.69 Å². The summed E-state index contributed by atoms with van der Waals surface area (Å²) in [7, 11) is -0.373. The number of hydrogen-bond acceptors (Lipinski definition) is 3. The average Bonchev–Trinajstić information content (AvgIpc) is 2.85. The molecule has 0 saturated carbocycles. The van der Waals surface area contributed by atoms with Crippen molar-refractivity contribution in [3.8, 4) is 0 Å². The lowest BCUT2D eigenvalue weighted by molar-refractivity contribution is 0.600. The smallest absolute Gasteiger partial charge is 0.295 e. The molecule has 8 heteroatoms. The number of imidazole rings is 1. The van der Waals surface area contributed by atoms with Crippen LogP contribution in [-0.4, -0.2) is 17.6 Å². The van der Waals surface area contributed by atoms with Crippen LogP contribution < -0.4 is 10.4 Å². The van der Waals surface area contributed by atoms with Gasteiger partial charge in [-0.25, -0.2) is 13.2 Å². The van der Waals surface area contributed by atoms with Crippen molar-refractivity contribution in [2.45, 2.75) is 30.6 Å². The number of aryl methyl sites for hydroxylation is 4. The number of anilines is 1. The van der Waals surface area contributed by atoms with Crippen molar-refractivity contribution >= 4 is 42.7 Å². The Morgan fingerprint density at radius 3 is 2.30 bits per heavy atom. The van der Waals surface area contributed by atoms with Crippen molar-refractivity contribution < 1.29 is 8.42 Å². The molecule has 6 nitrogen and oxygen atoms in total. The summed E-state index contributed by atoms with van der Waals surface area (Å²) in [5.74, 6) is 0. The van der Waals surface area contributed by atoms with Gasteiger partial charge < -0.3 is 0 Å². The first-order valence-electron chi connectivity index (χ1n) is 8.77. The predicted molar refractivity (Wildman–Crippen MR) is 110 cm³/mol. The van der Waals surface area contributed by atoms with E-state index in [-0.39, 0.29) is 10.6 Å². The highest BCUT2D eigenvalue weighted by molar-refractivity contribution is 9.10. The molecule has 4 rings (SSSR count). The number of halogens is 1. The minimum Gasteiger partial charge on any atom is -0.295 e. The average molecular weight is 450 g/mol. The lowest BCUT2D eigenvalue weighted by atomic mass is 9.92. The molecule has 0 amide bonds. The van der Waals surface area contributed by atoms with Crippen LogP contribution in [0, 0.1) is 0 Å². The molecule has 1 aliphatic carbocycles. The molecule has 0 unspecified atom stereocenters. The van der Waals surface area contributed by atoms with Gasteiger partial charge in [-0.15, -0.1) is 0 Å². The number of aromatic nitrogens is 2. The van der Waals surface area contributed by atoms with Crippen LogP contribution >= 0.6 is 15.9 Å². The molecule has 1 N–H and O–H groups in total. The van der Waals surface area contributed by atoms with E-state index in [1.165, 1.54) is 14.7 Å². The largest absolute Gasteiger partial charge is 0.328 e. The van der Waals surface area contributed by atoms with E-state index in [1.54, 1.807) is 38.4 Å². The topological polar surface area (TPSA) is 73.1 Å². The zero-order chi connectivity index (χ0) is 19.3. The highest BCUT2D eigenvalue weighted by Gasteiger charge is 2.20. The van der Waals surface area contributed by atoms with Crippen LogP contribution in [-0.2, 0) is 37.0 Å². The van der Waals surface area contributed by atoms with Crippen LogP contribution in [0.2, 0.25) is 0 Å². The van der Waals surface area contributed by atoms with E-state index < -0.39 is 10.0 Å². The van der Waals surface area contributed by atoms with Crippen molar-refractivity contribution in [3.63, 3.8) is 0 Å². The summed E-state index contributed by atoms with van der Waals surface area (Å²) in [5, 5.41) is 0. The second-order valence-corrected chi connectivity index (χ2v) is 9.50. The number of sulfonamides is 1. The molecular weight excluding hydrogens is 430 g/mol. The molecule has 142 valence electrons. The molecule has 2 aromatic carbocycles. The summed E-state index contributed by atoms with van der Waals surface area (Å²) in [6.07, 6.45) is 4.17. The predicted octanol–water partition coefficient (Wildman–Crippen LogP) is 3.32. The first-order valence-corrected chi connectivity index (χ1v) is 11.0. The Morgan fingerprint density at radius 2 is 1.59 bits per heavy atom. The van der Waals surface area contributed by atoms with E-state index in [1.807, 2.05) is 6.07 Å². The molecule has 0 aliphatic heterocycles. The molecule has 0 fully saturated rings. The van der Waals surface area contributed by atoms with Gasteiger partial charge in [-0.2, -0.15) is 0 Å². The van der Waals surface area contributed by atoms with Gasteiger partial charge in [0.15, 0.2) is 0 Å². The Kier molecular flexibility index (Phi) is 4.43. The number of nitrogens with zero attached hydrogens (tertiary/aromatic N) is 2. The van der Waals surface area contributed by atoms with Crippen molar-refractivity contribution in [1.29, 1.82) is 0 Å². The summed E-state index contributed by atoms with van der Waals surface area (Å²) in [5.41, 5.74) is 3.99. The zero-order valence-corrected chi connectivity index (χ0v) is 17.5. The molecular formula is C19H20BrN3O3S. The van der Waals surface area contributed by atoms with E-state index in [0.29, 0.717) is 15.7 Å². The normalized spacial score (nSPS) is 14.3. The summed E-state index contributed by atoms with van der Waals surface area (Å²) in [4.78, 5) is 12.4. The zero-order valence-electron chi connectivity index (χ0n) is 15.1. The van der Waals surface area contributed by atoms with Gasteiger partial charge in [-0.05, 0) is 77.0 Å². The number of benzene rings is 2. The van der Waals surface area contributed by atoms with E-state index in [2.05, 4.69) is 20.7 Å². The third-order valence-corrected chi connectivity index (χ3v) is 7.25. The van der Waals surface area contributed by atoms with Gasteiger partial charge in [-0.3, -0.25) is 13.9 Å². The van der Waals surface area contributed by atoms with Gasteiger partial charge >= 0.3 is 5.69 Å². The molecule has 0 saturated heterocycles. The molecule has 0 radical (unpaired) electrons. The first kappa shape index (κ1) is 18.3. The highest BCUT2D eigenvalue weighted by atomic mass is 79.9. The fraction of sp³-hybridized carbons (Fsp3) is 0.316. The summed E-state index contributed by atoms with van der Waals surface area (Å²) < 4.78 is 32.1. The van der Waals surface area contributed by atoms with Crippen LogP contribution in [0.1, 0.15) is 24.0 Å². The van der Waals surface area contributed by atoms with Crippen molar-refractivity contribution in [3.05, 3.63) is 56.4 Å². The molecule has 0 atom stereocenters. The monoisotopic (exact) mass is 449 g/mol. The van der Waals surface area contributed by atoms with E-state index >= 15 is 0 Å². The van der Waals surface area contributed by atoms with Gasteiger partial charge in [-0.1, -0.05) is 6.07 Å². The maximum Gasteiger partial charge on any atom is 0.328 e. The van der Waals surface area contributed by atoms with Crippen molar-refractivity contribution in [2.24, 2.45) is 14.1 Å². The van der Waals surface area contributed by atoms with Crippen LogP contribution in [0.5, 0.6) is 0 Å². The van der Waals surface area contributed by atoms with E-state index in [4.69, 9.17) is 0 Å². The van der Waals surface area contributed by atoms with Gasteiger partial charge in [0, 0.05) is 18.6 Å². The lowest BCUT2D eigenvalue weighted by Gasteiger charge is -2.17. The minimum atomic E-state index is -3.73. The second-order valence-electron chi connectivity index (χ2n) is 6.96. The van der Waals surface area contributed by atoms with Crippen molar-refractivity contribution in [1.82, 2.24) is 9.13 Å². The Balaban J connectivity index is 1.76. The molecule has 1 heterocycles. The Morgan fingerprint density at radius 1 is 0.963 bits per heavy atom. The fourth-order valence-electron chi connectivity index (χ4n) is 3.68. The summed E-state index contributed by atoms with van der Waals surface area (Å²) in [6.45, 7) is 0. The maximum absolute atomic E-state index is 12.9. The van der Waals surface area contributed by atoms with Crippen LogP contribution in [0.15, 0.2) is 44.5 Å². The van der Waals surface area contributed by atoms with Gasteiger partial charge in [0.1, 0.15) is 0 Å². The van der Waals surface area contributed by atoms with E-state index in [9.17, 15) is 13.2 Å². The molecule has 1 aromatic heterocycles. The maximum atomic E-state index is 12.9. The number of fused-ring (bicyclic) bond motifs is 2. The molecule has 27 heavy (non-hydrogen) atoms. The van der Waals surface area contributed by atoms with Crippen molar-refractivity contribution in [2.75, 3.05) is 4.72 Å². The summed E-state index contributed by atoms with van der Waals surface area (Å²) >= 11 is 3.42. The number of nitrogens with one attached hydrogen (secondary N) is 1. The van der Waals surface area contributed by atoms with Crippen LogP contribution in [0.25, 0.3) is 11.0 Å². The number of rotatable bonds is 3. The van der Waals surface area contributed by atoms with Gasteiger partial charge in [0.2, 0.25) is 0 Å². The molecule has 0 bridgehead atoms. The number of hydrogen-bond donors (Lipinski definition) is 1. The third-order valence-electron chi connectivity index (χ3n) is 5.24. The molecule has 1 aliphatic rings. The molecule has 3 aromatic rings. The quantitative estimate of drug-likeness (QED) is 0.666. The summed E-state index contributed by atoms with van der Waals surface area (Å²) in [6, 6.07) is 8.79. The highest BCUT2D eigenvalue weighted by Crippen LogP contribution is 2.31. The second kappa shape index (κ2) is 6.53. The molecule has 0 spiro atoms. The minimum absolute atomic E-state index is 0.161. The Bertz CT molecular complexity index is 1230. The Labute approximate surface area is 166 Å². The third kappa shape index (κ3) is 3.10.